The molecule has 1 fully saturated rings. The van der Waals surface area contributed by atoms with Gasteiger partial charge >= 0.3 is 0 Å². The standard InChI is InChI=1S/C22H21N5O2/c1-15-19(20(25-29-15)16-8-3-2-4-9-16)22(28)26-12-7-10-17(14-26)21-24-23-18-11-5-6-13-27(18)21/h2-6,8-9,11,13,17H,7,10,12,14H2,1H3/t17-/m1/s1. The molecule has 3 aromatic heterocycles. The largest absolute Gasteiger partial charge is 0.360 e. The summed E-state index contributed by atoms with van der Waals surface area (Å²) in [5.41, 5.74) is 2.85. The summed E-state index contributed by atoms with van der Waals surface area (Å²) in [6.45, 7) is 3.11. The van der Waals surface area contributed by atoms with Gasteiger partial charge in [0.1, 0.15) is 22.8 Å². The molecule has 1 aliphatic rings. The Bertz CT molecular complexity index is 1160. The van der Waals surface area contributed by atoms with Crippen molar-refractivity contribution < 1.29 is 9.32 Å². The van der Waals surface area contributed by atoms with E-state index in [0.717, 1.165) is 29.9 Å². The molecule has 146 valence electrons. The molecule has 7 nitrogen and oxygen atoms in total. The Balaban J connectivity index is 1.45. The summed E-state index contributed by atoms with van der Waals surface area (Å²) in [5, 5.41) is 12.8. The fourth-order valence-corrected chi connectivity index (χ4v) is 4.09. The number of rotatable bonds is 3. The van der Waals surface area contributed by atoms with Crippen LogP contribution in [0.1, 0.15) is 40.7 Å². The number of pyridine rings is 1. The van der Waals surface area contributed by atoms with Crippen molar-refractivity contribution in [3.63, 3.8) is 0 Å². The monoisotopic (exact) mass is 387 g/mol. The van der Waals surface area contributed by atoms with Crippen LogP contribution in [0.3, 0.4) is 0 Å². The number of piperidine rings is 1. The molecule has 1 saturated heterocycles. The zero-order chi connectivity index (χ0) is 19.8. The van der Waals surface area contributed by atoms with Crippen LogP contribution >= 0.6 is 0 Å². The number of carbonyl (C=O) groups excluding carboxylic acids is 1. The molecule has 0 unspecified atom stereocenters. The van der Waals surface area contributed by atoms with Gasteiger partial charge in [-0.3, -0.25) is 9.20 Å². The molecule has 0 N–H and O–H groups in total. The van der Waals surface area contributed by atoms with Gasteiger partial charge in [0.05, 0.1) is 0 Å². The molecule has 0 saturated carbocycles. The SMILES string of the molecule is Cc1onc(-c2ccccc2)c1C(=O)N1CCC[C@@H](c2nnc3ccccn23)C1. The third-order valence-corrected chi connectivity index (χ3v) is 5.54. The maximum Gasteiger partial charge on any atom is 0.259 e. The second-order valence-electron chi connectivity index (χ2n) is 7.41. The molecule has 0 bridgehead atoms. The smallest absolute Gasteiger partial charge is 0.259 e. The first-order chi connectivity index (χ1) is 14.2. The number of likely N-dealkylation sites (tertiary alicyclic amines) is 1. The number of amides is 1. The van der Waals surface area contributed by atoms with Gasteiger partial charge in [0.25, 0.3) is 5.91 Å². The van der Waals surface area contributed by atoms with Gasteiger partial charge in [-0.2, -0.15) is 0 Å². The van der Waals surface area contributed by atoms with Gasteiger partial charge in [0.15, 0.2) is 5.65 Å². The Morgan fingerprint density at radius 3 is 2.79 bits per heavy atom. The minimum atomic E-state index is -0.0406. The molecular formula is C22H21N5O2. The van der Waals surface area contributed by atoms with E-state index in [1.807, 2.05) is 64.0 Å². The number of carbonyl (C=O) groups is 1. The number of benzene rings is 1. The second kappa shape index (κ2) is 7.16. The van der Waals surface area contributed by atoms with E-state index in [1.165, 1.54) is 0 Å². The average Bonchev–Trinajstić information content (AvgIpc) is 3.37. The van der Waals surface area contributed by atoms with Gasteiger partial charge in [-0.15, -0.1) is 10.2 Å². The lowest BCUT2D eigenvalue weighted by molar-refractivity contribution is 0.0703. The van der Waals surface area contributed by atoms with Crippen LogP contribution in [0.15, 0.2) is 59.3 Å². The fraction of sp³-hybridized carbons (Fsp3) is 0.273. The van der Waals surface area contributed by atoms with Crippen molar-refractivity contribution in [2.75, 3.05) is 13.1 Å². The Morgan fingerprint density at radius 1 is 1.10 bits per heavy atom. The molecular weight excluding hydrogens is 366 g/mol. The number of hydrogen-bond donors (Lipinski definition) is 0. The predicted molar refractivity (Wildman–Crippen MR) is 108 cm³/mol. The van der Waals surface area contributed by atoms with Crippen molar-refractivity contribution in [3.8, 4) is 11.3 Å². The highest BCUT2D eigenvalue weighted by Crippen LogP contribution is 2.30. The summed E-state index contributed by atoms with van der Waals surface area (Å²) >= 11 is 0. The summed E-state index contributed by atoms with van der Waals surface area (Å²) < 4.78 is 7.41. The Hall–Kier alpha value is -3.48. The predicted octanol–water partition coefficient (Wildman–Crippen LogP) is 3.71. The molecule has 1 aromatic carbocycles. The highest BCUT2D eigenvalue weighted by atomic mass is 16.5. The van der Waals surface area contributed by atoms with Gasteiger partial charge in [0, 0.05) is 30.8 Å². The van der Waals surface area contributed by atoms with Crippen molar-refractivity contribution in [2.45, 2.75) is 25.7 Å². The lowest BCUT2D eigenvalue weighted by Gasteiger charge is -2.32. The van der Waals surface area contributed by atoms with E-state index in [0.29, 0.717) is 30.1 Å². The van der Waals surface area contributed by atoms with Gasteiger partial charge in [-0.25, -0.2) is 0 Å². The van der Waals surface area contributed by atoms with E-state index < -0.39 is 0 Å². The van der Waals surface area contributed by atoms with E-state index in [9.17, 15) is 4.79 Å². The van der Waals surface area contributed by atoms with Crippen molar-refractivity contribution in [1.29, 1.82) is 0 Å². The van der Waals surface area contributed by atoms with Gasteiger partial charge in [-0.1, -0.05) is 41.6 Å². The third-order valence-electron chi connectivity index (χ3n) is 5.54. The number of nitrogens with zero attached hydrogens (tertiary/aromatic N) is 5. The highest BCUT2D eigenvalue weighted by Gasteiger charge is 2.32. The zero-order valence-electron chi connectivity index (χ0n) is 16.2. The lowest BCUT2D eigenvalue weighted by Crippen LogP contribution is -2.39. The van der Waals surface area contributed by atoms with Crippen LogP contribution in [-0.4, -0.2) is 43.7 Å². The Kier molecular flexibility index (Phi) is 4.35. The van der Waals surface area contributed by atoms with Crippen LogP contribution in [0, 0.1) is 6.92 Å². The Labute approximate surface area is 168 Å². The molecule has 0 aliphatic carbocycles. The van der Waals surface area contributed by atoms with Gasteiger partial charge in [-0.05, 0) is 31.9 Å². The molecule has 1 atom stereocenters. The van der Waals surface area contributed by atoms with Crippen LogP contribution in [0.5, 0.6) is 0 Å². The van der Waals surface area contributed by atoms with E-state index in [1.54, 1.807) is 6.92 Å². The molecule has 1 aliphatic heterocycles. The number of fused-ring (bicyclic) bond motifs is 1. The summed E-state index contributed by atoms with van der Waals surface area (Å²) in [6, 6.07) is 15.5. The number of aromatic nitrogens is 4. The zero-order valence-corrected chi connectivity index (χ0v) is 16.2. The van der Waals surface area contributed by atoms with Crippen LogP contribution < -0.4 is 0 Å². The van der Waals surface area contributed by atoms with E-state index >= 15 is 0 Å². The Morgan fingerprint density at radius 2 is 1.93 bits per heavy atom. The summed E-state index contributed by atoms with van der Waals surface area (Å²) in [7, 11) is 0. The lowest BCUT2D eigenvalue weighted by atomic mass is 9.96. The molecule has 4 aromatic rings. The maximum absolute atomic E-state index is 13.4. The van der Waals surface area contributed by atoms with Crippen molar-refractivity contribution >= 4 is 11.6 Å². The van der Waals surface area contributed by atoms with Crippen LogP contribution in [-0.2, 0) is 0 Å². The normalized spacial score (nSPS) is 17.0. The van der Waals surface area contributed by atoms with E-state index in [4.69, 9.17) is 4.52 Å². The summed E-state index contributed by atoms with van der Waals surface area (Å²) in [4.78, 5) is 15.3. The fourth-order valence-electron chi connectivity index (χ4n) is 4.09. The molecule has 4 heterocycles. The van der Waals surface area contributed by atoms with Crippen LogP contribution in [0.4, 0.5) is 0 Å². The minimum absolute atomic E-state index is 0.0406. The topological polar surface area (TPSA) is 76.5 Å². The summed E-state index contributed by atoms with van der Waals surface area (Å²) in [5.74, 6) is 1.55. The average molecular weight is 387 g/mol. The highest BCUT2D eigenvalue weighted by molar-refractivity contribution is 6.00. The molecule has 0 spiro atoms. The van der Waals surface area contributed by atoms with Crippen molar-refractivity contribution in [1.82, 2.24) is 24.7 Å². The molecule has 5 rings (SSSR count). The van der Waals surface area contributed by atoms with Crippen LogP contribution in [0.25, 0.3) is 16.9 Å². The van der Waals surface area contributed by atoms with Crippen LogP contribution in [0.2, 0.25) is 0 Å². The quantitative estimate of drug-likeness (QED) is 0.536. The molecule has 7 heteroatoms. The molecule has 1 amide bonds. The first kappa shape index (κ1) is 17.6. The van der Waals surface area contributed by atoms with E-state index in [-0.39, 0.29) is 11.8 Å². The number of hydrogen-bond acceptors (Lipinski definition) is 5. The minimum Gasteiger partial charge on any atom is -0.360 e. The number of aryl methyl sites for hydroxylation is 1. The van der Waals surface area contributed by atoms with Gasteiger partial charge < -0.3 is 9.42 Å². The third kappa shape index (κ3) is 3.08. The first-order valence-corrected chi connectivity index (χ1v) is 9.83. The molecule has 29 heavy (non-hydrogen) atoms. The summed E-state index contributed by atoms with van der Waals surface area (Å²) in [6.07, 6.45) is 3.87. The van der Waals surface area contributed by atoms with Gasteiger partial charge in [0.2, 0.25) is 0 Å². The second-order valence-corrected chi connectivity index (χ2v) is 7.41. The van der Waals surface area contributed by atoms with Crippen molar-refractivity contribution in [2.24, 2.45) is 0 Å². The maximum atomic E-state index is 13.4. The first-order valence-electron chi connectivity index (χ1n) is 9.83. The van der Waals surface area contributed by atoms with Crippen molar-refractivity contribution in [3.05, 3.63) is 71.9 Å². The van der Waals surface area contributed by atoms with E-state index in [2.05, 4.69) is 15.4 Å². The molecule has 0 radical (unpaired) electrons.